The number of aromatic nitrogens is 2. The zero-order valence-corrected chi connectivity index (χ0v) is 30.2. The lowest BCUT2D eigenvalue weighted by molar-refractivity contribution is -0.142. The molecule has 2 amide bonds. The molecule has 6 nitrogen and oxygen atoms in total. The number of nitrogens with zero attached hydrogens (tertiary/aromatic N) is 3. The summed E-state index contributed by atoms with van der Waals surface area (Å²) in [6, 6.07) is 10.5. The number of anilines is 1. The molecule has 1 aromatic carbocycles. The summed E-state index contributed by atoms with van der Waals surface area (Å²) in [7, 11) is 0. The van der Waals surface area contributed by atoms with Crippen LogP contribution < -0.4 is 5.32 Å². The van der Waals surface area contributed by atoms with Crippen molar-refractivity contribution < 1.29 is 9.59 Å². The van der Waals surface area contributed by atoms with Gasteiger partial charge in [-0.25, -0.2) is 4.98 Å². The molecule has 45 heavy (non-hydrogen) atoms. The molecule has 0 spiro atoms. The van der Waals surface area contributed by atoms with Crippen molar-refractivity contribution in [2.24, 2.45) is 5.41 Å². The molecule has 0 aliphatic heterocycles. The minimum Gasteiger partial charge on any atom is -0.335 e. The molecule has 0 saturated carbocycles. The third-order valence-corrected chi connectivity index (χ3v) is 7.16. The van der Waals surface area contributed by atoms with Crippen LogP contribution in [0.1, 0.15) is 118 Å². The van der Waals surface area contributed by atoms with Gasteiger partial charge in [0, 0.05) is 42.7 Å². The fourth-order valence-corrected chi connectivity index (χ4v) is 4.76. The number of amides is 2. The van der Waals surface area contributed by atoms with E-state index in [-0.39, 0.29) is 23.8 Å². The highest BCUT2D eigenvalue weighted by molar-refractivity contribution is 5.88. The highest BCUT2D eigenvalue weighted by atomic mass is 16.2. The quantitative estimate of drug-likeness (QED) is 0.243. The normalized spacial score (nSPS) is 11.7. The van der Waals surface area contributed by atoms with Crippen molar-refractivity contribution in [2.45, 2.75) is 121 Å². The Morgan fingerprint density at radius 3 is 2.24 bits per heavy atom. The molecule has 2 heterocycles. The first-order valence-corrected chi connectivity index (χ1v) is 16.3. The minimum absolute atomic E-state index is 0.101. The highest BCUT2D eigenvalue weighted by Crippen LogP contribution is 2.29. The number of carbonyl (C=O) groups excluding carboxylic acids is 2. The Balaban J connectivity index is 0.000000880. The Kier molecular flexibility index (Phi) is 16.5. The lowest BCUT2D eigenvalue weighted by Gasteiger charge is -2.32. The molecule has 1 atom stereocenters. The molecule has 0 aliphatic rings. The topological polar surface area (TPSA) is 75.2 Å². The van der Waals surface area contributed by atoms with Crippen LogP contribution in [0.3, 0.4) is 0 Å². The number of pyridine rings is 2. The van der Waals surface area contributed by atoms with E-state index in [9.17, 15) is 9.59 Å². The maximum absolute atomic E-state index is 13.0. The van der Waals surface area contributed by atoms with E-state index in [2.05, 4.69) is 88.3 Å². The van der Waals surface area contributed by atoms with E-state index < -0.39 is 5.41 Å². The van der Waals surface area contributed by atoms with Gasteiger partial charge >= 0.3 is 0 Å². The van der Waals surface area contributed by atoms with E-state index in [0.717, 1.165) is 34.9 Å². The third kappa shape index (κ3) is 13.0. The Morgan fingerprint density at radius 1 is 1.02 bits per heavy atom. The molecular formula is C39H58N4O2. The molecule has 246 valence electrons. The van der Waals surface area contributed by atoms with Crippen LogP contribution in [0.15, 0.2) is 66.5 Å². The summed E-state index contributed by atoms with van der Waals surface area (Å²) in [5.74, 6) is 0.793. The summed E-state index contributed by atoms with van der Waals surface area (Å²) >= 11 is 0. The minimum atomic E-state index is -0.433. The first kappa shape index (κ1) is 39.2. The maximum atomic E-state index is 13.0. The number of carbonyl (C=O) groups is 2. The van der Waals surface area contributed by atoms with Crippen molar-refractivity contribution in [3.8, 4) is 0 Å². The third-order valence-electron chi connectivity index (χ3n) is 7.16. The van der Waals surface area contributed by atoms with Gasteiger partial charge in [-0.05, 0) is 107 Å². The number of benzene rings is 1. The second-order valence-corrected chi connectivity index (χ2v) is 12.9. The zero-order valence-electron chi connectivity index (χ0n) is 30.2. The molecule has 3 aromatic rings. The van der Waals surface area contributed by atoms with E-state index in [4.69, 9.17) is 4.98 Å². The monoisotopic (exact) mass is 614 g/mol. The van der Waals surface area contributed by atoms with E-state index in [1.165, 1.54) is 23.6 Å². The van der Waals surface area contributed by atoms with Crippen molar-refractivity contribution in [1.29, 1.82) is 0 Å². The van der Waals surface area contributed by atoms with Crippen LogP contribution in [0.25, 0.3) is 10.9 Å². The van der Waals surface area contributed by atoms with Crippen LogP contribution in [0.4, 0.5) is 5.82 Å². The van der Waals surface area contributed by atoms with Crippen LogP contribution in [-0.4, -0.2) is 32.7 Å². The fourth-order valence-electron chi connectivity index (χ4n) is 4.76. The summed E-state index contributed by atoms with van der Waals surface area (Å²) < 4.78 is 0. The SMILES string of the molecule is C/C=C\CC=C(C)C.CC.CC(=O)Nc1ncccc1C(C)Cc1cc2cc(CN(C(=O)C(C)(C)C)C(C)C)cnc2cc1C. The van der Waals surface area contributed by atoms with Gasteiger partial charge in [-0.1, -0.05) is 71.4 Å². The summed E-state index contributed by atoms with van der Waals surface area (Å²) in [6.45, 7) is 26.5. The van der Waals surface area contributed by atoms with Crippen molar-refractivity contribution in [3.63, 3.8) is 0 Å². The second kappa shape index (κ2) is 18.9. The summed E-state index contributed by atoms with van der Waals surface area (Å²) in [6.07, 6.45) is 11.9. The molecule has 0 saturated heterocycles. The number of fused-ring (bicyclic) bond motifs is 1. The van der Waals surface area contributed by atoms with Gasteiger partial charge in [-0.15, -0.1) is 0 Å². The molecule has 1 unspecified atom stereocenters. The number of rotatable bonds is 9. The average Bonchev–Trinajstić information content (AvgIpc) is 2.96. The molecule has 0 bridgehead atoms. The predicted octanol–water partition coefficient (Wildman–Crippen LogP) is 9.97. The Bertz CT molecular complexity index is 1440. The summed E-state index contributed by atoms with van der Waals surface area (Å²) in [4.78, 5) is 35.6. The highest BCUT2D eigenvalue weighted by Gasteiger charge is 2.29. The van der Waals surface area contributed by atoms with Gasteiger partial charge in [-0.3, -0.25) is 14.6 Å². The smallest absolute Gasteiger partial charge is 0.228 e. The number of allylic oxidation sites excluding steroid dienone is 4. The average molecular weight is 615 g/mol. The number of nitrogens with one attached hydrogen (secondary N) is 1. The van der Waals surface area contributed by atoms with Gasteiger partial charge in [-0.2, -0.15) is 0 Å². The maximum Gasteiger partial charge on any atom is 0.228 e. The Hall–Kier alpha value is -3.80. The molecule has 0 aliphatic carbocycles. The van der Waals surface area contributed by atoms with Gasteiger partial charge in [0.05, 0.1) is 5.52 Å². The van der Waals surface area contributed by atoms with Gasteiger partial charge in [0.1, 0.15) is 5.82 Å². The van der Waals surface area contributed by atoms with Crippen LogP contribution in [0, 0.1) is 12.3 Å². The fraction of sp³-hybridized carbons (Fsp3) is 0.487. The van der Waals surface area contributed by atoms with Crippen LogP contribution in [-0.2, 0) is 22.6 Å². The lowest BCUT2D eigenvalue weighted by atomic mass is 9.91. The van der Waals surface area contributed by atoms with E-state index in [1.54, 1.807) is 6.20 Å². The van der Waals surface area contributed by atoms with Gasteiger partial charge in [0.25, 0.3) is 0 Å². The number of hydrogen-bond donors (Lipinski definition) is 1. The Labute approximate surface area is 273 Å². The summed E-state index contributed by atoms with van der Waals surface area (Å²) in [5.41, 5.74) is 6.35. The number of hydrogen-bond acceptors (Lipinski definition) is 4. The standard InChI is InChI=1S/C29H38N4O2.C8H14.C2H6/c1-18(2)33(28(35)29(6,7)8)17-22-14-24-15-23(19(3)13-26(24)31-16-22)12-20(4)25-10-9-11-30-27(25)32-21(5)34;1-4-5-6-7-8(2)3;1-2/h9-11,13-16,18,20H,12,17H2,1-8H3,(H,30,32,34);4-5,7H,6H2,1-3H3;1-2H3/b;5-4-;. The molecule has 3 rings (SSSR count). The van der Waals surface area contributed by atoms with Gasteiger partial charge in [0.2, 0.25) is 11.8 Å². The molecule has 0 fully saturated rings. The first-order valence-electron chi connectivity index (χ1n) is 16.3. The Morgan fingerprint density at radius 2 is 1.69 bits per heavy atom. The first-order chi connectivity index (χ1) is 21.1. The largest absolute Gasteiger partial charge is 0.335 e. The van der Waals surface area contributed by atoms with E-state index in [1.807, 2.05) is 64.8 Å². The molecule has 0 radical (unpaired) electrons. The molecule has 2 aromatic heterocycles. The van der Waals surface area contributed by atoms with Crippen molar-refractivity contribution in [2.75, 3.05) is 5.32 Å². The van der Waals surface area contributed by atoms with Crippen molar-refractivity contribution in [1.82, 2.24) is 14.9 Å². The van der Waals surface area contributed by atoms with E-state index in [0.29, 0.717) is 12.4 Å². The van der Waals surface area contributed by atoms with Crippen LogP contribution in [0.5, 0.6) is 0 Å². The van der Waals surface area contributed by atoms with E-state index >= 15 is 0 Å². The molecule has 1 N–H and O–H groups in total. The zero-order chi connectivity index (χ0) is 34.3. The van der Waals surface area contributed by atoms with Gasteiger partial charge < -0.3 is 10.2 Å². The second-order valence-electron chi connectivity index (χ2n) is 12.9. The van der Waals surface area contributed by atoms with Crippen molar-refractivity contribution >= 4 is 28.5 Å². The van der Waals surface area contributed by atoms with Crippen LogP contribution in [0.2, 0.25) is 0 Å². The summed E-state index contributed by atoms with van der Waals surface area (Å²) in [5, 5.41) is 3.91. The predicted molar refractivity (Wildman–Crippen MR) is 192 cm³/mol. The lowest BCUT2D eigenvalue weighted by Crippen LogP contribution is -2.43. The van der Waals surface area contributed by atoms with Crippen molar-refractivity contribution in [3.05, 3.63) is 88.8 Å². The van der Waals surface area contributed by atoms with Gasteiger partial charge in [0.15, 0.2) is 0 Å². The van der Waals surface area contributed by atoms with Crippen LogP contribution >= 0.6 is 0 Å². The number of aryl methyl sites for hydroxylation is 1. The molecule has 6 heteroatoms. The molecular weight excluding hydrogens is 556 g/mol.